The standard InChI is InChI=1S/C28H50O2/c1-20(2)14-17-26(7,25(4,5)6)24(29)30-27(8)15-11-13-23-12-9-10-16-28(23,27)19-22-18-21(22)3/h20-23H,9-19H2,1-8H3. The van der Waals surface area contributed by atoms with Crippen LogP contribution in [0.3, 0.4) is 0 Å². The average molecular weight is 419 g/mol. The highest BCUT2D eigenvalue weighted by Gasteiger charge is 2.61. The summed E-state index contributed by atoms with van der Waals surface area (Å²) >= 11 is 0. The zero-order chi connectivity index (χ0) is 22.4. The summed E-state index contributed by atoms with van der Waals surface area (Å²) in [5, 5.41) is 0. The molecular weight excluding hydrogens is 368 g/mol. The van der Waals surface area contributed by atoms with Gasteiger partial charge in [0.15, 0.2) is 0 Å². The Morgan fingerprint density at radius 2 is 1.70 bits per heavy atom. The SMILES string of the molecule is CC(C)CCC(C)(C(=O)OC1(C)CCCC2CCCCC21CC1CC1C)C(C)(C)C. The van der Waals surface area contributed by atoms with Crippen molar-refractivity contribution in [1.82, 2.24) is 0 Å². The molecule has 3 aliphatic rings. The summed E-state index contributed by atoms with van der Waals surface area (Å²) in [5.41, 5.74) is -0.615. The molecule has 0 radical (unpaired) electrons. The molecule has 6 unspecified atom stereocenters. The van der Waals surface area contributed by atoms with E-state index in [0.29, 0.717) is 5.92 Å². The van der Waals surface area contributed by atoms with E-state index in [4.69, 9.17) is 4.74 Å². The molecule has 0 heterocycles. The molecule has 2 nitrogen and oxygen atoms in total. The molecule has 0 bridgehead atoms. The van der Waals surface area contributed by atoms with E-state index < -0.39 is 5.41 Å². The van der Waals surface area contributed by atoms with E-state index in [2.05, 4.69) is 55.4 Å². The van der Waals surface area contributed by atoms with Gasteiger partial charge < -0.3 is 4.74 Å². The minimum Gasteiger partial charge on any atom is -0.458 e. The van der Waals surface area contributed by atoms with Crippen LogP contribution >= 0.6 is 0 Å². The molecule has 30 heavy (non-hydrogen) atoms. The lowest BCUT2D eigenvalue weighted by Crippen LogP contribution is -2.59. The Labute approximate surface area is 187 Å². The second-order valence-electron chi connectivity index (χ2n) is 13.3. The Balaban J connectivity index is 1.89. The first-order valence-corrected chi connectivity index (χ1v) is 13.1. The van der Waals surface area contributed by atoms with Crippen molar-refractivity contribution < 1.29 is 9.53 Å². The fourth-order valence-electron chi connectivity index (χ4n) is 6.83. The molecular formula is C28H50O2. The molecule has 2 heteroatoms. The molecule has 3 fully saturated rings. The average Bonchev–Trinajstić information content (AvgIpc) is 3.33. The second kappa shape index (κ2) is 8.43. The van der Waals surface area contributed by atoms with E-state index in [9.17, 15) is 4.79 Å². The third kappa shape index (κ3) is 4.36. The van der Waals surface area contributed by atoms with Gasteiger partial charge in [-0.1, -0.05) is 54.4 Å². The first-order valence-electron chi connectivity index (χ1n) is 13.1. The summed E-state index contributed by atoms with van der Waals surface area (Å²) in [5.74, 6) is 3.16. The van der Waals surface area contributed by atoms with Crippen LogP contribution in [-0.2, 0) is 9.53 Å². The molecule has 174 valence electrons. The molecule has 6 atom stereocenters. The monoisotopic (exact) mass is 418 g/mol. The Bertz CT molecular complexity index is 615. The van der Waals surface area contributed by atoms with Crippen molar-refractivity contribution in [3.8, 4) is 0 Å². The molecule has 3 aliphatic carbocycles. The van der Waals surface area contributed by atoms with Crippen molar-refractivity contribution in [3.63, 3.8) is 0 Å². The predicted molar refractivity (Wildman–Crippen MR) is 126 cm³/mol. The molecule has 0 aromatic carbocycles. The van der Waals surface area contributed by atoms with E-state index in [1.165, 1.54) is 51.4 Å². The summed E-state index contributed by atoms with van der Waals surface area (Å²) in [6.45, 7) is 18.1. The van der Waals surface area contributed by atoms with Crippen molar-refractivity contribution in [2.45, 2.75) is 132 Å². The molecule has 0 aromatic rings. The van der Waals surface area contributed by atoms with E-state index in [1.54, 1.807) is 0 Å². The summed E-state index contributed by atoms with van der Waals surface area (Å²) in [6, 6.07) is 0. The fraction of sp³-hybridized carbons (Fsp3) is 0.964. The molecule has 0 N–H and O–H groups in total. The maximum Gasteiger partial charge on any atom is 0.312 e. The van der Waals surface area contributed by atoms with Crippen LogP contribution < -0.4 is 0 Å². The minimum atomic E-state index is -0.435. The van der Waals surface area contributed by atoms with Gasteiger partial charge in [0.05, 0.1) is 5.41 Å². The smallest absolute Gasteiger partial charge is 0.312 e. The summed E-state index contributed by atoms with van der Waals surface area (Å²) in [4.78, 5) is 14.0. The molecule has 0 aliphatic heterocycles. The summed E-state index contributed by atoms with van der Waals surface area (Å²) in [7, 11) is 0. The van der Waals surface area contributed by atoms with Gasteiger partial charge in [-0.3, -0.25) is 4.79 Å². The maximum atomic E-state index is 14.0. The van der Waals surface area contributed by atoms with E-state index >= 15 is 0 Å². The number of carbonyl (C=O) groups is 1. The van der Waals surface area contributed by atoms with E-state index in [-0.39, 0.29) is 22.4 Å². The minimum absolute atomic E-state index is 0.0765. The van der Waals surface area contributed by atoms with Crippen LogP contribution in [0.2, 0.25) is 0 Å². The Kier molecular flexibility index (Phi) is 6.78. The van der Waals surface area contributed by atoms with Crippen LogP contribution in [-0.4, -0.2) is 11.6 Å². The highest BCUT2D eigenvalue weighted by molar-refractivity contribution is 5.78. The van der Waals surface area contributed by atoms with Gasteiger partial charge >= 0.3 is 5.97 Å². The van der Waals surface area contributed by atoms with Crippen LogP contribution in [0.1, 0.15) is 126 Å². The normalized spacial score (nSPS) is 38.6. The Morgan fingerprint density at radius 3 is 2.27 bits per heavy atom. The number of hydrogen-bond donors (Lipinski definition) is 0. The van der Waals surface area contributed by atoms with Crippen LogP contribution in [0.25, 0.3) is 0 Å². The number of fused-ring (bicyclic) bond motifs is 1. The van der Waals surface area contributed by atoms with Gasteiger partial charge in [-0.05, 0) is 101 Å². The third-order valence-corrected chi connectivity index (χ3v) is 10.0. The van der Waals surface area contributed by atoms with Crippen molar-refractivity contribution in [2.75, 3.05) is 0 Å². The van der Waals surface area contributed by atoms with Gasteiger partial charge in [0, 0.05) is 5.41 Å². The van der Waals surface area contributed by atoms with Crippen molar-refractivity contribution in [2.24, 2.45) is 39.9 Å². The number of ether oxygens (including phenoxy) is 1. The first-order chi connectivity index (χ1) is 13.8. The number of esters is 1. The van der Waals surface area contributed by atoms with Gasteiger partial charge in [-0.2, -0.15) is 0 Å². The van der Waals surface area contributed by atoms with Gasteiger partial charge in [-0.15, -0.1) is 0 Å². The number of rotatable bonds is 7. The highest BCUT2D eigenvalue weighted by atomic mass is 16.6. The van der Waals surface area contributed by atoms with E-state index in [0.717, 1.165) is 37.0 Å². The largest absolute Gasteiger partial charge is 0.458 e. The quantitative estimate of drug-likeness (QED) is 0.389. The predicted octanol–water partition coefficient (Wildman–Crippen LogP) is 8.18. The van der Waals surface area contributed by atoms with Crippen LogP contribution in [0.4, 0.5) is 0 Å². The zero-order valence-electron chi connectivity index (χ0n) is 21.4. The van der Waals surface area contributed by atoms with Gasteiger partial charge in [-0.25, -0.2) is 0 Å². The second-order valence-corrected chi connectivity index (χ2v) is 13.3. The maximum absolute atomic E-state index is 14.0. The topological polar surface area (TPSA) is 26.3 Å². The number of hydrogen-bond acceptors (Lipinski definition) is 2. The Hall–Kier alpha value is -0.530. The lowest BCUT2D eigenvalue weighted by atomic mass is 9.50. The van der Waals surface area contributed by atoms with Crippen molar-refractivity contribution in [1.29, 1.82) is 0 Å². The fourth-order valence-corrected chi connectivity index (χ4v) is 6.83. The molecule has 0 spiro atoms. The zero-order valence-corrected chi connectivity index (χ0v) is 21.4. The lowest BCUT2D eigenvalue weighted by molar-refractivity contribution is -0.216. The van der Waals surface area contributed by atoms with Gasteiger partial charge in [0.2, 0.25) is 0 Å². The van der Waals surface area contributed by atoms with Crippen LogP contribution in [0.5, 0.6) is 0 Å². The van der Waals surface area contributed by atoms with Crippen LogP contribution in [0.15, 0.2) is 0 Å². The molecule has 0 amide bonds. The van der Waals surface area contributed by atoms with Gasteiger partial charge in [0.1, 0.15) is 5.60 Å². The molecule has 0 saturated heterocycles. The third-order valence-electron chi connectivity index (χ3n) is 10.0. The summed E-state index contributed by atoms with van der Waals surface area (Å²) < 4.78 is 6.80. The van der Waals surface area contributed by atoms with Crippen molar-refractivity contribution >= 4 is 5.97 Å². The van der Waals surface area contributed by atoms with E-state index in [1.807, 2.05) is 0 Å². The molecule has 0 aromatic heterocycles. The number of carbonyl (C=O) groups excluding carboxylic acids is 1. The van der Waals surface area contributed by atoms with Crippen LogP contribution in [0, 0.1) is 39.9 Å². The molecule has 3 saturated carbocycles. The van der Waals surface area contributed by atoms with Gasteiger partial charge in [0.25, 0.3) is 0 Å². The Morgan fingerprint density at radius 1 is 1.07 bits per heavy atom. The lowest BCUT2D eigenvalue weighted by Gasteiger charge is -2.59. The summed E-state index contributed by atoms with van der Waals surface area (Å²) in [6.07, 6.45) is 13.6. The molecule has 3 rings (SSSR count). The first kappa shape index (κ1) is 24.1. The highest BCUT2D eigenvalue weighted by Crippen LogP contribution is 2.63. The van der Waals surface area contributed by atoms with Crippen molar-refractivity contribution in [3.05, 3.63) is 0 Å².